The van der Waals surface area contributed by atoms with Crippen molar-refractivity contribution in [1.29, 1.82) is 0 Å². The number of amides is 1. The van der Waals surface area contributed by atoms with Crippen molar-refractivity contribution < 1.29 is 13.2 Å². The van der Waals surface area contributed by atoms with E-state index in [1.54, 1.807) is 32.2 Å². The third-order valence-corrected chi connectivity index (χ3v) is 3.35. The highest BCUT2D eigenvalue weighted by Gasteiger charge is 2.13. The van der Waals surface area contributed by atoms with Crippen LogP contribution >= 0.6 is 12.4 Å². The van der Waals surface area contributed by atoms with Crippen LogP contribution in [0.25, 0.3) is 0 Å². The monoisotopic (exact) mass is 335 g/mol. The number of benzene rings is 1. The van der Waals surface area contributed by atoms with E-state index < -0.39 is 10.0 Å². The van der Waals surface area contributed by atoms with Crippen LogP contribution in [-0.4, -0.2) is 34.2 Å². The van der Waals surface area contributed by atoms with Crippen LogP contribution in [0.5, 0.6) is 0 Å². The minimum atomic E-state index is -3.34. The Hall–Kier alpha value is -1.31. The average molecular weight is 336 g/mol. The molecule has 1 aromatic carbocycles. The van der Waals surface area contributed by atoms with Gasteiger partial charge in [-0.05, 0) is 31.7 Å². The van der Waals surface area contributed by atoms with Gasteiger partial charge in [-0.1, -0.05) is 13.0 Å². The number of aryl methyl sites for hydroxylation is 1. The van der Waals surface area contributed by atoms with Crippen LogP contribution < -0.4 is 15.4 Å². The van der Waals surface area contributed by atoms with Crippen LogP contribution in [0.1, 0.15) is 12.5 Å². The lowest BCUT2D eigenvalue weighted by molar-refractivity contribution is -0.119. The molecular formula is C13H22ClN3O3S. The lowest BCUT2D eigenvalue weighted by atomic mass is 10.1. The van der Waals surface area contributed by atoms with Crippen molar-refractivity contribution in [2.75, 3.05) is 29.9 Å². The molecule has 0 saturated carbocycles. The fraction of sp³-hybridized carbons (Fsp3) is 0.462. The maximum atomic E-state index is 11.9. The molecule has 1 aromatic rings. The van der Waals surface area contributed by atoms with Gasteiger partial charge in [-0.2, -0.15) is 0 Å². The fourth-order valence-corrected chi connectivity index (χ4v) is 2.29. The van der Waals surface area contributed by atoms with Crippen LogP contribution in [0.3, 0.4) is 0 Å². The summed E-state index contributed by atoms with van der Waals surface area (Å²) >= 11 is 0. The topological polar surface area (TPSA) is 87.3 Å². The molecule has 0 aliphatic carbocycles. The zero-order chi connectivity index (χ0) is 15.3. The number of sulfonamides is 1. The Kier molecular flexibility index (Phi) is 7.70. The van der Waals surface area contributed by atoms with Crippen molar-refractivity contribution in [2.24, 2.45) is 5.92 Å². The number of halogens is 1. The standard InChI is InChI=1S/C13H21N3O3S.ClH/c1-9-5-6-11(7-12(9)16-20(4,18)19)15-13(17)10(2)8-14-3;/h5-7,10,14,16H,8H2,1-4H3,(H,15,17);1H. The van der Waals surface area contributed by atoms with Gasteiger partial charge in [0.05, 0.1) is 11.9 Å². The Morgan fingerprint density at radius 2 is 1.95 bits per heavy atom. The van der Waals surface area contributed by atoms with Crippen molar-refractivity contribution in [3.05, 3.63) is 23.8 Å². The molecule has 0 radical (unpaired) electrons. The van der Waals surface area contributed by atoms with Crippen molar-refractivity contribution in [3.63, 3.8) is 0 Å². The number of hydrogen-bond donors (Lipinski definition) is 3. The first-order valence-electron chi connectivity index (χ1n) is 6.27. The number of hydrogen-bond acceptors (Lipinski definition) is 4. The number of carbonyl (C=O) groups excluding carboxylic acids is 1. The second-order valence-electron chi connectivity index (χ2n) is 4.85. The highest BCUT2D eigenvalue weighted by molar-refractivity contribution is 7.92. The van der Waals surface area contributed by atoms with Crippen LogP contribution in [0.15, 0.2) is 18.2 Å². The molecule has 0 heterocycles. The first-order chi connectivity index (χ1) is 9.23. The molecule has 1 atom stereocenters. The summed E-state index contributed by atoms with van der Waals surface area (Å²) < 4.78 is 25.0. The molecule has 8 heteroatoms. The first-order valence-corrected chi connectivity index (χ1v) is 8.16. The van der Waals surface area contributed by atoms with E-state index in [2.05, 4.69) is 15.4 Å². The lowest BCUT2D eigenvalue weighted by Crippen LogP contribution is -2.28. The van der Waals surface area contributed by atoms with Gasteiger partial charge >= 0.3 is 0 Å². The summed E-state index contributed by atoms with van der Waals surface area (Å²) in [5.74, 6) is -0.291. The van der Waals surface area contributed by atoms with Crippen molar-refractivity contribution >= 4 is 39.7 Å². The molecule has 0 saturated heterocycles. The summed E-state index contributed by atoms with van der Waals surface area (Å²) in [6.07, 6.45) is 1.09. The van der Waals surface area contributed by atoms with Gasteiger partial charge in [0.1, 0.15) is 0 Å². The molecule has 0 aromatic heterocycles. The third-order valence-electron chi connectivity index (χ3n) is 2.76. The SMILES string of the molecule is CNCC(C)C(=O)Nc1ccc(C)c(NS(C)(=O)=O)c1.Cl. The summed E-state index contributed by atoms with van der Waals surface area (Å²) in [7, 11) is -1.56. The minimum absolute atomic E-state index is 0. The minimum Gasteiger partial charge on any atom is -0.326 e. The molecular weight excluding hydrogens is 314 g/mol. The highest BCUT2D eigenvalue weighted by atomic mass is 35.5. The van der Waals surface area contributed by atoms with E-state index in [1.807, 2.05) is 6.92 Å². The van der Waals surface area contributed by atoms with Gasteiger partial charge in [-0.15, -0.1) is 12.4 Å². The maximum Gasteiger partial charge on any atom is 0.229 e. The summed E-state index contributed by atoms with van der Waals surface area (Å²) in [4.78, 5) is 11.9. The molecule has 3 N–H and O–H groups in total. The van der Waals surface area contributed by atoms with Gasteiger partial charge in [0.15, 0.2) is 0 Å². The number of anilines is 2. The maximum absolute atomic E-state index is 11.9. The number of carbonyl (C=O) groups is 1. The zero-order valence-electron chi connectivity index (χ0n) is 12.6. The molecule has 1 unspecified atom stereocenters. The van der Waals surface area contributed by atoms with E-state index in [-0.39, 0.29) is 24.2 Å². The Bertz CT molecular complexity index is 590. The predicted molar refractivity (Wildman–Crippen MR) is 88.6 cm³/mol. The number of nitrogens with one attached hydrogen (secondary N) is 3. The van der Waals surface area contributed by atoms with E-state index in [0.29, 0.717) is 17.9 Å². The highest BCUT2D eigenvalue weighted by Crippen LogP contribution is 2.21. The van der Waals surface area contributed by atoms with Crippen LogP contribution in [-0.2, 0) is 14.8 Å². The summed E-state index contributed by atoms with van der Waals surface area (Å²) in [5.41, 5.74) is 1.82. The fourth-order valence-electron chi connectivity index (χ4n) is 1.67. The molecule has 21 heavy (non-hydrogen) atoms. The molecule has 6 nitrogen and oxygen atoms in total. The smallest absolute Gasteiger partial charge is 0.229 e. The molecule has 0 bridgehead atoms. The Balaban J connectivity index is 0.00000400. The van der Waals surface area contributed by atoms with E-state index in [0.717, 1.165) is 11.8 Å². The molecule has 0 aliphatic heterocycles. The normalized spacial score (nSPS) is 12.2. The molecule has 0 aliphatic rings. The van der Waals surface area contributed by atoms with Gasteiger partial charge in [0.25, 0.3) is 0 Å². The summed E-state index contributed by atoms with van der Waals surface area (Å²) in [6.45, 7) is 4.19. The van der Waals surface area contributed by atoms with Gasteiger partial charge in [0.2, 0.25) is 15.9 Å². The second kappa shape index (κ2) is 8.21. The Morgan fingerprint density at radius 1 is 1.33 bits per heavy atom. The lowest BCUT2D eigenvalue weighted by Gasteiger charge is -2.14. The average Bonchev–Trinajstić information content (AvgIpc) is 2.32. The molecule has 1 rings (SSSR count). The molecule has 0 fully saturated rings. The largest absolute Gasteiger partial charge is 0.326 e. The van der Waals surface area contributed by atoms with Gasteiger partial charge < -0.3 is 10.6 Å². The number of rotatable bonds is 6. The molecule has 0 spiro atoms. The van der Waals surface area contributed by atoms with Gasteiger partial charge in [0, 0.05) is 18.2 Å². The van der Waals surface area contributed by atoms with Crippen molar-refractivity contribution in [2.45, 2.75) is 13.8 Å². The Morgan fingerprint density at radius 3 is 2.48 bits per heavy atom. The van der Waals surface area contributed by atoms with Crippen LogP contribution in [0.2, 0.25) is 0 Å². The summed E-state index contributed by atoms with van der Waals surface area (Å²) in [6, 6.07) is 5.11. The van der Waals surface area contributed by atoms with Gasteiger partial charge in [-0.25, -0.2) is 8.42 Å². The van der Waals surface area contributed by atoms with Crippen molar-refractivity contribution in [3.8, 4) is 0 Å². The zero-order valence-corrected chi connectivity index (χ0v) is 14.2. The summed E-state index contributed by atoms with van der Waals surface area (Å²) in [5, 5.41) is 5.70. The molecule has 1 amide bonds. The van der Waals surface area contributed by atoms with E-state index in [9.17, 15) is 13.2 Å². The second-order valence-corrected chi connectivity index (χ2v) is 6.60. The van der Waals surface area contributed by atoms with E-state index >= 15 is 0 Å². The third kappa shape index (κ3) is 6.79. The quantitative estimate of drug-likeness (QED) is 0.736. The van der Waals surface area contributed by atoms with Crippen LogP contribution in [0, 0.1) is 12.8 Å². The van der Waals surface area contributed by atoms with E-state index in [4.69, 9.17) is 0 Å². The van der Waals surface area contributed by atoms with Crippen LogP contribution in [0.4, 0.5) is 11.4 Å². The molecule has 120 valence electrons. The van der Waals surface area contributed by atoms with E-state index in [1.165, 1.54) is 0 Å². The predicted octanol–water partition coefficient (Wildman–Crippen LogP) is 1.58. The first kappa shape index (κ1) is 19.7. The van der Waals surface area contributed by atoms with Gasteiger partial charge in [-0.3, -0.25) is 9.52 Å². The van der Waals surface area contributed by atoms with Crippen molar-refractivity contribution in [1.82, 2.24) is 5.32 Å². The Labute approximate surface area is 132 Å².